The fourth-order valence-corrected chi connectivity index (χ4v) is 2.12. The van der Waals surface area contributed by atoms with Crippen LogP contribution in [0.15, 0.2) is 60.7 Å². The van der Waals surface area contributed by atoms with Gasteiger partial charge in [0.1, 0.15) is 5.78 Å². The van der Waals surface area contributed by atoms with Crippen LogP contribution in [0.25, 0.3) is 0 Å². The fourth-order valence-electron chi connectivity index (χ4n) is 2.12. The highest BCUT2D eigenvalue weighted by molar-refractivity contribution is 5.76. The molecule has 19 heavy (non-hydrogen) atoms. The Balaban J connectivity index is 2.04. The Kier molecular flexibility index (Phi) is 4.87. The average Bonchev–Trinajstić information content (AvgIpc) is 2.45. The van der Waals surface area contributed by atoms with Crippen LogP contribution >= 0.6 is 0 Å². The van der Waals surface area contributed by atoms with Crippen LogP contribution in [-0.2, 0) is 11.3 Å². The molecule has 0 unspecified atom stereocenters. The Hall–Kier alpha value is -1.93. The molecule has 0 radical (unpaired) electrons. The lowest BCUT2D eigenvalue weighted by Gasteiger charge is -2.18. The molecule has 0 aromatic heterocycles. The molecular formula is C17H19NO. The predicted molar refractivity (Wildman–Crippen MR) is 77.8 cm³/mol. The van der Waals surface area contributed by atoms with E-state index in [9.17, 15) is 4.79 Å². The van der Waals surface area contributed by atoms with Gasteiger partial charge in [-0.2, -0.15) is 0 Å². The molecule has 1 atom stereocenters. The lowest BCUT2D eigenvalue weighted by atomic mass is 10.0. The molecular weight excluding hydrogens is 234 g/mol. The molecule has 0 aliphatic heterocycles. The zero-order valence-electron chi connectivity index (χ0n) is 11.2. The third-order valence-corrected chi connectivity index (χ3v) is 3.09. The summed E-state index contributed by atoms with van der Waals surface area (Å²) < 4.78 is 0. The Morgan fingerprint density at radius 3 is 2.16 bits per heavy atom. The highest BCUT2D eigenvalue weighted by Gasteiger charge is 2.12. The lowest BCUT2D eigenvalue weighted by molar-refractivity contribution is -0.117. The predicted octanol–water partition coefficient (Wildman–Crippen LogP) is 3.50. The van der Waals surface area contributed by atoms with Crippen molar-refractivity contribution in [3.63, 3.8) is 0 Å². The maximum absolute atomic E-state index is 11.4. The third kappa shape index (κ3) is 4.34. The molecule has 2 aromatic carbocycles. The first kappa shape index (κ1) is 13.5. The van der Waals surface area contributed by atoms with Crippen molar-refractivity contribution in [2.75, 3.05) is 0 Å². The molecule has 0 spiro atoms. The summed E-state index contributed by atoms with van der Waals surface area (Å²) in [5.74, 6) is 0.203. The first-order valence-corrected chi connectivity index (χ1v) is 6.57. The van der Waals surface area contributed by atoms with Crippen molar-refractivity contribution in [1.29, 1.82) is 0 Å². The van der Waals surface area contributed by atoms with Crippen LogP contribution in [0, 0.1) is 0 Å². The van der Waals surface area contributed by atoms with Gasteiger partial charge in [-0.3, -0.25) is 4.79 Å². The Bertz CT molecular complexity index is 507. The topological polar surface area (TPSA) is 29.1 Å². The number of ketones is 1. The average molecular weight is 253 g/mol. The molecule has 2 aromatic rings. The minimum atomic E-state index is 0.0823. The van der Waals surface area contributed by atoms with Crippen LogP contribution in [0.4, 0.5) is 0 Å². The van der Waals surface area contributed by atoms with E-state index in [0.29, 0.717) is 6.42 Å². The summed E-state index contributed by atoms with van der Waals surface area (Å²) in [5.41, 5.74) is 2.39. The van der Waals surface area contributed by atoms with E-state index < -0.39 is 0 Å². The van der Waals surface area contributed by atoms with Crippen LogP contribution in [0.1, 0.15) is 30.5 Å². The largest absolute Gasteiger partial charge is 0.305 e. The molecule has 2 heteroatoms. The fraction of sp³-hybridized carbons (Fsp3) is 0.235. The molecule has 0 bridgehead atoms. The van der Waals surface area contributed by atoms with Crippen molar-refractivity contribution < 1.29 is 4.79 Å². The van der Waals surface area contributed by atoms with Crippen molar-refractivity contribution in [3.8, 4) is 0 Å². The molecule has 98 valence electrons. The number of carbonyl (C=O) groups is 1. The van der Waals surface area contributed by atoms with Crippen LogP contribution in [0.3, 0.4) is 0 Å². The number of rotatable bonds is 6. The zero-order valence-corrected chi connectivity index (χ0v) is 11.2. The van der Waals surface area contributed by atoms with E-state index in [1.807, 2.05) is 36.4 Å². The quantitative estimate of drug-likeness (QED) is 0.853. The van der Waals surface area contributed by atoms with Crippen molar-refractivity contribution in [2.24, 2.45) is 0 Å². The maximum atomic E-state index is 11.4. The van der Waals surface area contributed by atoms with Gasteiger partial charge in [0.05, 0.1) is 0 Å². The summed E-state index contributed by atoms with van der Waals surface area (Å²) >= 11 is 0. The summed E-state index contributed by atoms with van der Waals surface area (Å²) in [6.07, 6.45) is 0.525. The normalized spacial score (nSPS) is 12.1. The summed E-state index contributed by atoms with van der Waals surface area (Å²) in [5, 5.41) is 3.46. The van der Waals surface area contributed by atoms with E-state index in [-0.39, 0.29) is 11.8 Å². The first-order valence-electron chi connectivity index (χ1n) is 6.57. The highest BCUT2D eigenvalue weighted by Crippen LogP contribution is 2.17. The molecule has 2 rings (SSSR count). The van der Waals surface area contributed by atoms with Crippen molar-refractivity contribution >= 4 is 5.78 Å². The number of hydrogen-bond donors (Lipinski definition) is 1. The smallest absolute Gasteiger partial charge is 0.131 e. The number of nitrogens with one attached hydrogen (secondary N) is 1. The van der Waals surface area contributed by atoms with Crippen LogP contribution in [0.2, 0.25) is 0 Å². The van der Waals surface area contributed by atoms with Crippen molar-refractivity contribution in [1.82, 2.24) is 5.32 Å². The Morgan fingerprint density at radius 1 is 1.00 bits per heavy atom. The summed E-state index contributed by atoms with van der Waals surface area (Å²) in [7, 11) is 0. The van der Waals surface area contributed by atoms with E-state index in [1.54, 1.807) is 6.92 Å². The van der Waals surface area contributed by atoms with E-state index in [0.717, 1.165) is 12.1 Å². The second-order valence-electron chi connectivity index (χ2n) is 4.74. The molecule has 0 saturated heterocycles. The molecule has 0 amide bonds. The van der Waals surface area contributed by atoms with Gasteiger partial charge in [-0.1, -0.05) is 60.7 Å². The minimum Gasteiger partial charge on any atom is -0.305 e. The minimum absolute atomic E-state index is 0.0823. The molecule has 0 fully saturated rings. The van der Waals surface area contributed by atoms with Gasteiger partial charge in [0.15, 0.2) is 0 Å². The lowest BCUT2D eigenvalue weighted by Crippen LogP contribution is -2.22. The molecule has 0 heterocycles. The van der Waals surface area contributed by atoms with Crippen LogP contribution in [0.5, 0.6) is 0 Å². The van der Waals surface area contributed by atoms with Gasteiger partial charge in [0, 0.05) is 19.0 Å². The van der Waals surface area contributed by atoms with E-state index >= 15 is 0 Å². The molecule has 2 nitrogen and oxygen atoms in total. The van der Waals surface area contributed by atoms with E-state index in [1.165, 1.54) is 5.56 Å². The van der Waals surface area contributed by atoms with Gasteiger partial charge in [-0.25, -0.2) is 0 Å². The van der Waals surface area contributed by atoms with Gasteiger partial charge < -0.3 is 5.32 Å². The van der Waals surface area contributed by atoms with E-state index in [4.69, 9.17) is 0 Å². The van der Waals surface area contributed by atoms with Gasteiger partial charge in [-0.05, 0) is 18.1 Å². The third-order valence-electron chi connectivity index (χ3n) is 3.09. The van der Waals surface area contributed by atoms with Gasteiger partial charge >= 0.3 is 0 Å². The summed E-state index contributed by atoms with van der Waals surface area (Å²) in [6, 6.07) is 20.4. The summed E-state index contributed by atoms with van der Waals surface area (Å²) in [4.78, 5) is 11.4. The molecule has 0 saturated carbocycles. The highest BCUT2D eigenvalue weighted by atomic mass is 16.1. The van der Waals surface area contributed by atoms with Crippen LogP contribution in [-0.4, -0.2) is 5.78 Å². The standard InChI is InChI=1S/C17H19NO/c1-14(19)12-17(16-10-6-3-7-11-16)18-13-15-8-4-2-5-9-15/h2-11,17-18H,12-13H2,1H3/t17-/m0/s1. The number of hydrogen-bond acceptors (Lipinski definition) is 2. The SMILES string of the molecule is CC(=O)C[C@H](NCc1ccccc1)c1ccccc1. The van der Waals surface area contributed by atoms with Crippen LogP contribution < -0.4 is 5.32 Å². The van der Waals surface area contributed by atoms with Gasteiger partial charge in [0.25, 0.3) is 0 Å². The number of carbonyl (C=O) groups excluding carboxylic acids is 1. The van der Waals surface area contributed by atoms with Gasteiger partial charge in [0.2, 0.25) is 0 Å². The Morgan fingerprint density at radius 2 is 1.58 bits per heavy atom. The maximum Gasteiger partial charge on any atom is 0.131 e. The van der Waals surface area contributed by atoms with Crippen molar-refractivity contribution in [2.45, 2.75) is 25.9 Å². The number of benzene rings is 2. The second kappa shape index (κ2) is 6.86. The first-order chi connectivity index (χ1) is 9.25. The molecule has 0 aliphatic carbocycles. The van der Waals surface area contributed by atoms with Crippen molar-refractivity contribution in [3.05, 3.63) is 71.8 Å². The Labute approximate surface area is 114 Å². The molecule has 1 N–H and O–H groups in total. The summed E-state index contributed by atoms with van der Waals surface area (Å²) in [6.45, 7) is 2.41. The monoisotopic (exact) mass is 253 g/mol. The second-order valence-corrected chi connectivity index (χ2v) is 4.74. The number of Topliss-reactive ketones (excluding diaryl/α,β-unsaturated/α-hetero) is 1. The van der Waals surface area contributed by atoms with Gasteiger partial charge in [-0.15, -0.1) is 0 Å². The molecule has 0 aliphatic rings. The zero-order chi connectivity index (χ0) is 13.5. The van der Waals surface area contributed by atoms with E-state index in [2.05, 4.69) is 29.6 Å².